The van der Waals surface area contributed by atoms with E-state index in [0.717, 1.165) is 18.4 Å². The lowest BCUT2D eigenvalue weighted by Crippen LogP contribution is -2.29. The van der Waals surface area contributed by atoms with E-state index in [9.17, 15) is 4.79 Å². The van der Waals surface area contributed by atoms with Gasteiger partial charge in [0.25, 0.3) is 5.91 Å². The van der Waals surface area contributed by atoms with Gasteiger partial charge in [0.15, 0.2) is 10.8 Å². The van der Waals surface area contributed by atoms with Gasteiger partial charge in [-0.15, -0.1) is 10.2 Å². The van der Waals surface area contributed by atoms with Gasteiger partial charge in [0.05, 0.1) is 6.04 Å². The number of halogens is 1. The van der Waals surface area contributed by atoms with E-state index < -0.39 is 0 Å². The normalized spacial score (nSPS) is 11.9. The van der Waals surface area contributed by atoms with Gasteiger partial charge in [-0.05, 0) is 24.1 Å². The fourth-order valence-corrected chi connectivity index (χ4v) is 2.07. The number of rotatable bonds is 5. The van der Waals surface area contributed by atoms with Gasteiger partial charge in [-0.2, -0.15) is 0 Å². The van der Waals surface area contributed by atoms with Gasteiger partial charge >= 0.3 is 0 Å². The van der Waals surface area contributed by atoms with Crippen molar-refractivity contribution in [3.63, 3.8) is 0 Å². The number of carbonyl (C=O) groups excluding carboxylic acids is 1. The van der Waals surface area contributed by atoms with Crippen LogP contribution in [0.2, 0.25) is 5.15 Å². The zero-order valence-electron chi connectivity index (χ0n) is 11.2. The Morgan fingerprint density at radius 1 is 1.20 bits per heavy atom. The summed E-state index contributed by atoms with van der Waals surface area (Å²) in [5.74, 6) is -0.239. The highest BCUT2D eigenvalue weighted by molar-refractivity contribution is 6.29. The Labute approximate surface area is 123 Å². The summed E-state index contributed by atoms with van der Waals surface area (Å²) in [5, 5.41) is 10.7. The van der Waals surface area contributed by atoms with E-state index >= 15 is 0 Å². The van der Waals surface area contributed by atoms with Crippen molar-refractivity contribution in [2.75, 3.05) is 0 Å². The number of nitrogens with one attached hydrogen (secondary N) is 1. The van der Waals surface area contributed by atoms with E-state index in [1.807, 2.05) is 30.3 Å². The minimum atomic E-state index is -0.239. The number of carbonyl (C=O) groups is 1. The molecule has 1 atom stereocenters. The molecule has 2 aromatic rings. The molecule has 1 heterocycles. The average molecular weight is 290 g/mol. The molecule has 20 heavy (non-hydrogen) atoms. The molecule has 0 spiro atoms. The van der Waals surface area contributed by atoms with Crippen molar-refractivity contribution >= 4 is 17.5 Å². The summed E-state index contributed by atoms with van der Waals surface area (Å²) in [6.45, 7) is 2.09. The highest BCUT2D eigenvalue weighted by Gasteiger charge is 2.16. The molecule has 4 nitrogen and oxygen atoms in total. The maximum Gasteiger partial charge on any atom is 0.272 e. The quantitative estimate of drug-likeness (QED) is 0.918. The summed E-state index contributed by atoms with van der Waals surface area (Å²) in [7, 11) is 0. The summed E-state index contributed by atoms with van der Waals surface area (Å²) in [6.07, 6.45) is 1.85. The Balaban J connectivity index is 2.12. The molecule has 0 fully saturated rings. The molecule has 0 saturated carbocycles. The number of hydrogen-bond donors (Lipinski definition) is 1. The third-order valence-electron chi connectivity index (χ3n) is 2.95. The van der Waals surface area contributed by atoms with Crippen molar-refractivity contribution in [3.05, 3.63) is 58.9 Å². The Hall–Kier alpha value is -1.94. The molecule has 0 radical (unpaired) electrons. The monoisotopic (exact) mass is 289 g/mol. The van der Waals surface area contributed by atoms with E-state index in [-0.39, 0.29) is 22.8 Å². The minimum absolute atomic E-state index is 0.0221. The first kappa shape index (κ1) is 14.5. The van der Waals surface area contributed by atoms with Crippen LogP contribution in [-0.4, -0.2) is 16.1 Å². The maximum atomic E-state index is 12.2. The van der Waals surface area contributed by atoms with Crippen molar-refractivity contribution in [2.45, 2.75) is 25.8 Å². The summed E-state index contributed by atoms with van der Waals surface area (Å²) in [6, 6.07) is 13.0. The minimum Gasteiger partial charge on any atom is -0.344 e. The van der Waals surface area contributed by atoms with Crippen molar-refractivity contribution in [1.29, 1.82) is 0 Å². The number of aromatic nitrogens is 2. The van der Waals surface area contributed by atoms with Gasteiger partial charge in [-0.1, -0.05) is 55.3 Å². The molecule has 104 valence electrons. The van der Waals surface area contributed by atoms with Gasteiger partial charge in [0.2, 0.25) is 0 Å². The molecule has 1 aromatic carbocycles. The van der Waals surface area contributed by atoms with E-state index in [1.165, 1.54) is 0 Å². The van der Waals surface area contributed by atoms with E-state index in [1.54, 1.807) is 12.1 Å². The molecule has 0 saturated heterocycles. The van der Waals surface area contributed by atoms with Gasteiger partial charge in [0, 0.05) is 0 Å². The fraction of sp³-hybridized carbons (Fsp3) is 0.267. The summed E-state index contributed by atoms with van der Waals surface area (Å²) in [5.41, 5.74) is 1.36. The first-order chi connectivity index (χ1) is 9.70. The molecule has 1 unspecified atom stereocenters. The lowest BCUT2D eigenvalue weighted by Gasteiger charge is -2.18. The first-order valence-corrected chi connectivity index (χ1v) is 6.93. The molecule has 5 heteroatoms. The van der Waals surface area contributed by atoms with Crippen molar-refractivity contribution < 1.29 is 4.79 Å². The van der Waals surface area contributed by atoms with Crippen LogP contribution in [0.3, 0.4) is 0 Å². The Bertz CT molecular complexity index is 557. The van der Waals surface area contributed by atoms with Crippen LogP contribution in [0.15, 0.2) is 42.5 Å². The first-order valence-electron chi connectivity index (χ1n) is 6.55. The van der Waals surface area contributed by atoms with E-state index in [0.29, 0.717) is 0 Å². The van der Waals surface area contributed by atoms with Crippen LogP contribution in [0.4, 0.5) is 0 Å². The van der Waals surface area contributed by atoms with Crippen LogP contribution < -0.4 is 5.32 Å². The van der Waals surface area contributed by atoms with Crippen LogP contribution in [0.5, 0.6) is 0 Å². The average Bonchev–Trinajstić information content (AvgIpc) is 2.48. The van der Waals surface area contributed by atoms with Crippen LogP contribution in [-0.2, 0) is 0 Å². The molecular formula is C15H16ClN3O. The topological polar surface area (TPSA) is 54.9 Å². The van der Waals surface area contributed by atoms with Gasteiger partial charge in [0.1, 0.15) is 0 Å². The van der Waals surface area contributed by atoms with Crippen LogP contribution in [0.25, 0.3) is 0 Å². The van der Waals surface area contributed by atoms with Crippen LogP contribution in [0.1, 0.15) is 41.9 Å². The molecular weight excluding hydrogens is 274 g/mol. The van der Waals surface area contributed by atoms with Crippen molar-refractivity contribution in [2.24, 2.45) is 0 Å². The highest BCUT2D eigenvalue weighted by Crippen LogP contribution is 2.18. The number of benzene rings is 1. The van der Waals surface area contributed by atoms with Crippen LogP contribution in [0, 0.1) is 0 Å². The predicted octanol–water partition coefficient (Wildman–Crippen LogP) is 3.40. The van der Waals surface area contributed by atoms with Crippen molar-refractivity contribution in [3.8, 4) is 0 Å². The highest BCUT2D eigenvalue weighted by atomic mass is 35.5. The van der Waals surface area contributed by atoms with E-state index in [4.69, 9.17) is 11.6 Å². The second-order valence-electron chi connectivity index (χ2n) is 4.47. The lowest BCUT2D eigenvalue weighted by atomic mass is 10.0. The standard InChI is InChI=1S/C15H16ClN3O/c1-2-6-12(11-7-4-3-5-8-11)17-15(20)13-9-10-14(16)19-18-13/h3-5,7-10,12H,2,6H2,1H3,(H,17,20). The van der Waals surface area contributed by atoms with Crippen LogP contribution >= 0.6 is 11.6 Å². The Morgan fingerprint density at radius 2 is 1.95 bits per heavy atom. The molecule has 0 aliphatic carbocycles. The SMILES string of the molecule is CCCC(NC(=O)c1ccc(Cl)nn1)c1ccccc1. The zero-order valence-corrected chi connectivity index (χ0v) is 12.0. The van der Waals surface area contributed by atoms with Crippen molar-refractivity contribution in [1.82, 2.24) is 15.5 Å². The summed E-state index contributed by atoms with van der Waals surface area (Å²) in [4.78, 5) is 12.2. The fourth-order valence-electron chi connectivity index (χ4n) is 1.97. The predicted molar refractivity (Wildman–Crippen MR) is 78.6 cm³/mol. The number of hydrogen-bond acceptors (Lipinski definition) is 3. The summed E-state index contributed by atoms with van der Waals surface area (Å²) < 4.78 is 0. The molecule has 2 rings (SSSR count). The largest absolute Gasteiger partial charge is 0.344 e. The second-order valence-corrected chi connectivity index (χ2v) is 4.85. The zero-order chi connectivity index (χ0) is 14.4. The number of nitrogens with zero attached hydrogens (tertiary/aromatic N) is 2. The summed E-state index contributed by atoms with van der Waals surface area (Å²) >= 11 is 5.66. The molecule has 1 N–H and O–H groups in total. The van der Waals surface area contributed by atoms with Gasteiger partial charge < -0.3 is 5.32 Å². The number of amides is 1. The second kappa shape index (κ2) is 7.01. The third kappa shape index (κ3) is 3.78. The van der Waals surface area contributed by atoms with E-state index in [2.05, 4.69) is 22.4 Å². The molecule has 0 bridgehead atoms. The van der Waals surface area contributed by atoms with Gasteiger partial charge in [-0.25, -0.2) is 0 Å². The lowest BCUT2D eigenvalue weighted by molar-refractivity contribution is 0.0928. The molecule has 0 aliphatic heterocycles. The maximum absolute atomic E-state index is 12.2. The van der Waals surface area contributed by atoms with Gasteiger partial charge in [-0.3, -0.25) is 4.79 Å². The molecule has 1 amide bonds. The molecule has 0 aliphatic rings. The third-order valence-corrected chi connectivity index (χ3v) is 3.15. The molecule has 1 aromatic heterocycles. The Morgan fingerprint density at radius 3 is 2.55 bits per heavy atom. The smallest absolute Gasteiger partial charge is 0.272 e. The Kier molecular flexibility index (Phi) is 5.07.